The number of hydrogen-bond acceptors (Lipinski definition) is 1. The molecular weight excluding hydrogens is 605 g/mol. The highest BCUT2D eigenvalue weighted by molar-refractivity contribution is 6.26. The topological polar surface area (TPSA) is 8.17 Å². The summed E-state index contributed by atoms with van der Waals surface area (Å²) in [5.74, 6) is 0. The van der Waals surface area contributed by atoms with Gasteiger partial charge in [-0.05, 0) is 116 Å². The van der Waals surface area contributed by atoms with E-state index in [1.54, 1.807) is 0 Å². The van der Waals surface area contributed by atoms with E-state index in [1.807, 2.05) is 0 Å². The minimum atomic E-state index is 1.14. The average Bonchev–Trinajstić information content (AvgIpc) is 3.53. The molecule has 9 aromatic carbocycles. The maximum atomic E-state index is 2.39. The second-order valence-electron chi connectivity index (χ2n) is 13.0. The molecule has 0 atom stereocenters. The molecule has 10 rings (SSSR count). The molecule has 10 aromatic rings. The molecule has 2 nitrogen and oxygen atoms in total. The summed E-state index contributed by atoms with van der Waals surface area (Å²) in [4.78, 5) is 2.34. The summed E-state index contributed by atoms with van der Waals surface area (Å²) < 4.78 is 2.37. The maximum absolute atomic E-state index is 2.39. The summed E-state index contributed by atoms with van der Waals surface area (Å²) in [5, 5.41) is 10.1. The Morgan fingerprint density at radius 1 is 0.280 bits per heavy atom. The van der Waals surface area contributed by atoms with E-state index in [-0.39, 0.29) is 0 Å². The fourth-order valence-electron chi connectivity index (χ4n) is 7.87. The van der Waals surface area contributed by atoms with Crippen molar-refractivity contribution in [3.8, 4) is 16.8 Å². The highest BCUT2D eigenvalue weighted by atomic mass is 15.1. The van der Waals surface area contributed by atoms with Crippen LogP contribution in [-0.4, -0.2) is 4.57 Å². The average molecular weight is 637 g/mol. The molecule has 0 unspecified atom stereocenters. The molecule has 0 radical (unpaired) electrons. The predicted molar refractivity (Wildman–Crippen MR) is 213 cm³/mol. The van der Waals surface area contributed by atoms with Crippen LogP contribution in [0.15, 0.2) is 194 Å². The Hall–Kier alpha value is -6.64. The lowest BCUT2D eigenvalue weighted by Gasteiger charge is -2.26. The Morgan fingerprint density at radius 2 is 0.740 bits per heavy atom. The third kappa shape index (κ3) is 4.50. The first-order valence-corrected chi connectivity index (χ1v) is 17.2. The standard InChI is InChI=1S/C48H32N2/c1-4-14-35(15-5-1)49(36-16-6-2-7-17-36)38-26-28-42-41-27-24-33(30-44(41)39-20-10-11-21-40(39)45(42)32-38)34-25-29-48-46(31-34)43-22-12-13-23-47(43)50(48)37-18-8-3-9-19-37/h1-32H. The molecule has 0 aliphatic rings. The largest absolute Gasteiger partial charge is 0.310 e. The van der Waals surface area contributed by atoms with Gasteiger partial charge in [0.15, 0.2) is 0 Å². The molecular formula is C48H32N2. The van der Waals surface area contributed by atoms with Gasteiger partial charge in [-0.25, -0.2) is 0 Å². The zero-order valence-electron chi connectivity index (χ0n) is 27.4. The van der Waals surface area contributed by atoms with E-state index in [0.29, 0.717) is 0 Å². The summed E-state index contributed by atoms with van der Waals surface area (Å²) >= 11 is 0. The minimum absolute atomic E-state index is 1.14. The van der Waals surface area contributed by atoms with Gasteiger partial charge in [-0.15, -0.1) is 0 Å². The number of benzene rings is 9. The molecule has 0 bridgehead atoms. The maximum Gasteiger partial charge on any atom is 0.0541 e. The van der Waals surface area contributed by atoms with Crippen molar-refractivity contribution in [2.45, 2.75) is 0 Å². The van der Waals surface area contributed by atoms with Crippen molar-refractivity contribution in [2.24, 2.45) is 0 Å². The van der Waals surface area contributed by atoms with Gasteiger partial charge in [-0.3, -0.25) is 0 Å². The molecule has 0 fully saturated rings. The fourth-order valence-corrected chi connectivity index (χ4v) is 7.87. The van der Waals surface area contributed by atoms with Crippen LogP contribution in [0.1, 0.15) is 0 Å². The molecule has 0 saturated carbocycles. The molecule has 1 heterocycles. The summed E-state index contributed by atoms with van der Waals surface area (Å²) in [6.45, 7) is 0. The molecule has 0 spiro atoms. The van der Waals surface area contributed by atoms with Crippen LogP contribution in [0.2, 0.25) is 0 Å². The van der Waals surface area contributed by atoms with Crippen molar-refractivity contribution in [1.82, 2.24) is 4.57 Å². The van der Waals surface area contributed by atoms with Gasteiger partial charge in [0.25, 0.3) is 0 Å². The van der Waals surface area contributed by atoms with Crippen LogP contribution in [0, 0.1) is 0 Å². The summed E-state index contributed by atoms with van der Waals surface area (Å²) in [6, 6.07) is 70.4. The van der Waals surface area contributed by atoms with Crippen molar-refractivity contribution in [3.05, 3.63) is 194 Å². The van der Waals surface area contributed by atoms with Crippen molar-refractivity contribution in [1.29, 1.82) is 0 Å². The highest BCUT2D eigenvalue weighted by Crippen LogP contribution is 2.42. The first-order valence-electron chi connectivity index (χ1n) is 17.2. The normalized spacial score (nSPS) is 11.6. The van der Waals surface area contributed by atoms with E-state index in [1.165, 1.54) is 70.9 Å². The van der Waals surface area contributed by atoms with Crippen LogP contribution in [0.25, 0.3) is 70.9 Å². The van der Waals surface area contributed by atoms with Crippen LogP contribution in [0.4, 0.5) is 17.1 Å². The first kappa shape index (κ1) is 28.4. The quantitative estimate of drug-likeness (QED) is 0.171. The SMILES string of the molecule is c1ccc(N(c2ccccc2)c2ccc3c4ccc(-c5ccc6c(c5)c5ccccc5n6-c5ccccc5)cc4c4ccccc4c3c2)cc1. The van der Waals surface area contributed by atoms with Gasteiger partial charge in [-0.2, -0.15) is 0 Å². The van der Waals surface area contributed by atoms with Gasteiger partial charge in [0.05, 0.1) is 11.0 Å². The van der Waals surface area contributed by atoms with Crippen LogP contribution in [0.5, 0.6) is 0 Å². The van der Waals surface area contributed by atoms with Gasteiger partial charge in [0.2, 0.25) is 0 Å². The Balaban J connectivity index is 1.16. The van der Waals surface area contributed by atoms with E-state index in [4.69, 9.17) is 0 Å². The summed E-state index contributed by atoms with van der Waals surface area (Å²) in [7, 11) is 0. The Bertz CT molecular complexity index is 2790. The highest BCUT2D eigenvalue weighted by Gasteiger charge is 2.17. The van der Waals surface area contributed by atoms with E-state index in [9.17, 15) is 0 Å². The first-order chi connectivity index (χ1) is 24.8. The van der Waals surface area contributed by atoms with Crippen LogP contribution in [0.3, 0.4) is 0 Å². The van der Waals surface area contributed by atoms with Crippen molar-refractivity contribution in [3.63, 3.8) is 0 Å². The van der Waals surface area contributed by atoms with Gasteiger partial charge < -0.3 is 9.47 Å². The van der Waals surface area contributed by atoms with Crippen LogP contribution in [-0.2, 0) is 0 Å². The zero-order chi connectivity index (χ0) is 33.0. The Kier molecular flexibility index (Phi) is 6.53. The molecule has 2 heteroatoms. The number of aromatic nitrogens is 1. The van der Waals surface area contributed by atoms with Crippen molar-refractivity contribution < 1.29 is 0 Å². The lowest BCUT2D eigenvalue weighted by Crippen LogP contribution is -2.09. The summed E-state index contributed by atoms with van der Waals surface area (Å²) in [6.07, 6.45) is 0. The monoisotopic (exact) mass is 636 g/mol. The lowest BCUT2D eigenvalue weighted by molar-refractivity contribution is 1.18. The zero-order valence-corrected chi connectivity index (χ0v) is 27.4. The molecule has 0 amide bonds. The van der Waals surface area contributed by atoms with E-state index in [0.717, 1.165) is 17.1 Å². The number of anilines is 3. The minimum Gasteiger partial charge on any atom is -0.310 e. The molecule has 1 aromatic heterocycles. The van der Waals surface area contributed by atoms with Gasteiger partial charge in [0.1, 0.15) is 0 Å². The molecule has 234 valence electrons. The van der Waals surface area contributed by atoms with Gasteiger partial charge in [-0.1, -0.05) is 121 Å². The predicted octanol–water partition coefficient (Wildman–Crippen LogP) is 13.4. The Labute approximate surface area is 290 Å². The molecule has 0 saturated heterocycles. The second kappa shape index (κ2) is 11.5. The number of nitrogens with zero attached hydrogens (tertiary/aromatic N) is 2. The lowest BCUT2D eigenvalue weighted by atomic mass is 9.91. The van der Waals surface area contributed by atoms with Gasteiger partial charge >= 0.3 is 0 Å². The second-order valence-corrected chi connectivity index (χ2v) is 13.0. The number of para-hydroxylation sites is 4. The smallest absolute Gasteiger partial charge is 0.0541 e. The fraction of sp³-hybridized carbons (Fsp3) is 0. The van der Waals surface area contributed by atoms with E-state index in [2.05, 4.69) is 204 Å². The van der Waals surface area contributed by atoms with Crippen molar-refractivity contribution in [2.75, 3.05) is 4.90 Å². The summed E-state index contributed by atoms with van der Waals surface area (Å²) in [5.41, 5.74) is 9.46. The molecule has 0 aliphatic carbocycles. The van der Waals surface area contributed by atoms with E-state index < -0.39 is 0 Å². The number of rotatable bonds is 5. The third-order valence-corrected chi connectivity index (χ3v) is 10.1. The Morgan fingerprint density at radius 3 is 1.40 bits per heavy atom. The van der Waals surface area contributed by atoms with E-state index >= 15 is 0 Å². The third-order valence-electron chi connectivity index (χ3n) is 10.1. The number of fused-ring (bicyclic) bond motifs is 9. The molecule has 0 N–H and O–H groups in total. The van der Waals surface area contributed by atoms with Crippen molar-refractivity contribution >= 4 is 71.2 Å². The molecule has 50 heavy (non-hydrogen) atoms. The van der Waals surface area contributed by atoms with Crippen LogP contribution < -0.4 is 4.90 Å². The molecule has 0 aliphatic heterocycles. The number of hydrogen-bond donors (Lipinski definition) is 0. The van der Waals surface area contributed by atoms with Gasteiger partial charge in [0, 0.05) is 33.5 Å². The van der Waals surface area contributed by atoms with Crippen LogP contribution >= 0.6 is 0 Å².